The van der Waals surface area contributed by atoms with Gasteiger partial charge < -0.3 is 15.8 Å². The van der Waals surface area contributed by atoms with E-state index in [0.717, 1.165) is 25.1 Å². The van der Waals surface area contributed by atoms with Gasteiger partial charge in [-0.2, -0.15) is 0 Å². The van der Waals surface area contributed by atoms with Crippen LogP contribution in [0.15, 0.2) is 18.2 Å². The van der Waals surface area contributed by atoms with Gasteiger partial charge in [0, 0.05) is 19.7 Å². The Labute approximate surface area is 111 Å². The van der Waals surface area contributed by atoms with Crippen LogP contribution in [0.5, 0.6) is 0 Å². The number of hydrogen-bond donors (Lipinski definition) is 2. The average Bonchev–Trinajstić information content (AvgIpc) is 2.75. The third-order valence-electron chi connectivity index (χ3n) is 3.51. The van der Waals surface area contributed by atoms with Crippen LogP contribution in [0.2, 0.25) is 5.02 Å². The molecule has 1 saturated heterocycles. The van der Waals surface area contributed by atoms with E-state index in [1.54, 1.807) is 19.2 Å². The third-order valence-corrected chi connectivity index (χ3v) is 3.80. The molecule has 1 aliphatic heterocycles. The zero-order valence-electron chi connectivity index (χ0n) is 10.3. The van der Waals surface area contributed by atoms with Crippen molar-refractivity contribution in [3.05, 3.63) is 34.6 Å². The quantitative estimate of drug-likeness (QED) is 0.882. The molecule has 1 aromatic rings. The van der Waals surface area contributed by atoms with Crippen molar-refractivity contribution in [2.45, 2.75) is 18.6 Å². The molecule has 1 fully saturated rings. The van der Waals surface area contributed by atoms with Gasteiger partial charge in [-0.05, 0) is 36.6 Å². The second-order valence-corrected chi connectivity index (χ2v) is 5.12. The molecule has 0 radical (unpaired) electrons. The highest BCUT2D eigenvalue weighted by molar-refractivity contribution is 6.30. The summed E-state index contributed by atoms with van der Waals surface area (Å²) >= 11 is 5.79. The number of methoxy groups -OCH3 is 1. The van der Waals surface area contributed by atoms with Crippen molar-refractivity contribution in [2.75, 3.05) is 20.2 Å². The van der Waals surface area contributed by atoms with Crippen LogP contribution < -0.4 is 11.1 Å². The van der Waals surface area contributed by atoms with Gasteiger partial charge in [-0.25, -0.2) is 4.39 Å². The summed E-state index contributed by atoms with van der Waals surface area (Å²) in [6, 6.07) is 4.86. The average molecular weight is 273 g/mol. The summed E-state index contributed by atoms with van der Waals surface area (Å²) in [7, 11) is 1.65. The Bertz CT molecular complexity index is 416. The van der Waals surface area contributed by atoms with Crippen molar-refractivity contribution >= 4 is 11.6 Å². The van der Waals surface area contributed by atoms with Crippen LogP contribution in [0, 0.1) is 11.7 Å². The lowest BCUT2D eigenvalue weighted by atomic mass is 9.93. The first-order valence-corrected chi connectivity index (χ1v) is 6.43. The van der Waals surface area contributed by atoms with Crippen LogP contribution in [-0.2, 0) is 4.74 Å². The molecule has 5 heteroatoms. The molecule has 3 nitrogen and oxygen atoms in total. The largest absolute Gasteiger partial charge is 0.377 e. The van der Waals surface area contributed by atoms with Crippen LogP contribution in [-0.4, -0.2) is 26.2 Å². The minimum absolute atomic E-state index is 0.0981. The molecule has 0 aliphatic carbocycles. The van der Waals surface area contributed by atoms with Gasteiger partial charge >= 0.3 is 0 Å². The second kappa shape index (κ2) is 5.97. The fourth-order valence-corrected chi connectivity index (χ4v) is 2.56. The summed E-state index contributed by atoms with van der Waals surface area (Å²) in [5.74, 6) is -0.0340. The Hall–Kier alpha value is -0.680. The molecule has 0 bridgehead atoms. The van der Waals surface area contributed by atoms with Gasteiger partial charge in [-0.1, -0.05) is 17.7 Å². The Morgan fingerprint density at radius 3 is 2.89 bits per heavy atom. The summed E-state index contributed by atoms with van der Waals surface area (Å²) in [5.41, 5.74) is 6.90. The van der Waals surface area contributed by atoms with E-state index in [0.29, 0.717) is 5.92 Å². The van der Waals surface area contributed by atoms with Crippen molar-refractivity contribution in [3.63, 3.8) is 0 Å². The van der Waals surface area contributed by atoms with Crippen molar-refractivity contribution in [1.82, 2.24) is 5.32 Å². The molecule has 3 unspecified atom stereocenters. The molecule has 18 heavy (non-hydrogen) atoms. The number of nitrogens with two attached hydrogens (primary N) is 1. The van der Waals surface area contributed by atoms with Crippen molar-refractivity contribution in [3.8, 4) is 0 Å². The van der Waals surface area contributed by atoms with Gasteiger partial charge in [0.25, 0.3) is 0 Å². The van der Waals surface area contributed by atoms with Gasteiger partial charge in [0.05, 0.1) is 11.1 Å². The number of nitrogens with one attached hydrogen (secondary N) is 1. The van der Waals surface area contributed by atoms with E-state index in [1.807, 2.05) is 0 Å². The molecule has 0 saturated carbocycles. The lowest BCUT2D eigenvalue weighted by Crippen LogP contribution is -2.30. The number of hydrogen-bond acceptors (Lipinski definition) is 3. The van der Waals surface area contributed by atoms with Gasteiger partial charge in [0.15, 0.2) is 0 Å². The zero-order chi connectivity index (χ0) is 13.1. The lowest BCUT2D eigenvalue weighted by molar-refractivity contribution is 0.0804. The minimum atomic E-state index is -0.408. The summed E-state index contributed by atoms with van der Waals surface area (Å²) in [5, 5.41) is 3.39. The van der Waals surface area contributed by atoms with Crippen molar-refractivity contribution < 1.29 is 9.13 Å². The first-order valence-electron chi connectivity index (χ1n) is 6.06. The number of ether oxygens (including phenoxy) is 1. The van der Waals surface area contributed by atoms with E-state index in [4.69, 9.17) is 22.1 Å². The van der Waals surface area contributed by atoms with Crippen molar-refractivity contribution in [1.29, 1.82) is 0 Å². The Kier molecular flexibility index (Phi) is 4.56. The molecule has 0 aromatic heterocycles. The third kappa shape index (κ3) is 3.01. The standard InChI is InChI=1S/C13H18ClFN2O/c1-18-13(5-9-6-17-7-12(9)16)8-2-3-11(15)10(14)4-8/h2-4,9,12-13,17H,5-7,16H2,1H3. The van der Waals surface area contributed by atoms with Gasteiger partial charge in [-0.15, -0.1) is 0 Å². The van der Waals surface area contributed by atoms with Gasteiger partial charge in [0.2, 0.25) is 0 Å². The van der Waals surface area contributed by atoms with E-state index in [9.17, 15) is 4.39 Å². The first kappa shape index (κ1) is 13.7. The molecule has 1 heterocycles. The van der Waals surface area contributed by atoms with Crippen LogP contribution in [0.3, 0.4) is 0 Å². The number of halogens is 2. The topological polar surface area (TPSA) is 47.3 Å². The van der Waals surface area contributed by atoms with Crippen LogP contribution in [0.25, 0.3) is 0 Å². The highest BCUT2D eigenvalue weighted by Crippen LogP contribution is 2.29. The van der Waals surface area contributed by atoms with Crippen LogP contribution >= 0.6 is 11.6 Å². The molecule has 100 valence electrons. The van der Waals surface area contributed by atoms with E-state index in [1.165, 1.54) is 6.07 Å². The molecule has 1 aliphatic rings. The Morgan fingerprint density at radius 1 is 1.56 bits per heavy atom. The number of benzene rings is 1. The zero-order valence-corrected chi connectivity index (χ0v) is 11.1. The molecular weight excluding hydrogens is 255 g/mol. The predicted octanol–water partition coefficient (Wildman–Crippen LogP) is 2.10. The molecule has 3 atom stereocenters. The number of rotatable bonds is 4. The smallest absolute Gasteiger partial charge is 0.141 e. The maximum atomic E-state index is 13.1. The monoisotopic (exact) mass is 272 g/mol. The highest BCUT2D eigenvalue weighted by Gasteiger charge is 2.27. The Balaban J connectivity index is 2.10. The van der Waals surface area contributed by atoms with E-state index >= 15 is 0 Å². The van der Waals surface area contributed by atoms with E-state index < -0.39 is 5.82 Å². The van der Waals surface area contributed by atoms with E-state index in [2.05, 4.69) is 5.32 Å². The van der Waals surface area contributed by atoms with Crippen LogP contribution in [0.1, 0.15) is 18.1 Å². The normalized spacial score (nSPS) is 25.3. The molecule has 0 amide bonds. The summed E-state index contributed by atoms with van der Waals surface area (Å²) in [6.45, 7) is 1.74. The highest BCUT2D eigenvalue weighted by atomic mass is 35.5. The molecule has 0 spiro atoms. The predicted molar refractivity (Wildman–Crippen MR) is 70.1 cm³/mol. The minimum Gasteiger partial charge on any atom is -0.377 e. The SMILES string of the molecule is COC(CC1CNCC1N)c1ccc(F)c(Cl)c1. The summed E-state index contributed by atoms with van der Waals surface area (Å²) < 4.78 is 18.6. The van der Waals surface area contributed by atoms with Gasteiger partial charge in [-0.3, -0.25) is 0 Å². The summed E-state index contributed by atoms with van der Waals surface area (Å²) in [6.07, 6.45) is 0.714. The second-order valence-electron chi connectivity index (χ2n) is 4.72. The van der Waals surface area contributed by atoms with Crippen LogP contribution in [0.4, 0.5) is 4.39 Å². The van der Waals surface area contributed by atoms with Crippen molar-refractivity contribution in [2.24, 2.45) is 11.7 Å². The lowest BCUT2D eigenvalue weighted by Gasteiger charge is -2.22. The molecule has 2 rings (SSSR count). The molecule has 1 aromatic carbocycles. The maximum Gasteiger partial charge on any atom is 0.141 e. The Morgan fingerprint density at radius 2 is 2.33 bits per heavy atom. The maximum absolute atomic E-state index is 13.1. The van der Waals surface area contributed by atoms with Gasteiger partial charge in [0.1, 0.15) is 5.82 Å². The fraction of sp³-hybridized carbons (Fsp3) is 0.538. The summed E-state index contributed by atoms with van der Waals surface area (Å²) in [4.78, 5) is 0. The fourth-order valence-electron chi connectivity index (χ4n) is 2.37. The molecular formula is C13H18ClFN2O. The molecule has 3 N–H and O–H groups in total. The van der Waals surface area contributed by atoms with E-state index in [-0.39, 0.29) is 17.2 Å². The first-order chi connectivity index (χ1) is 8.61.